The molecule has 19 heavy (non-hydrogen) atoms. The Morgan fingerprint density at radius 2 is 1.89 bits per heavy atom. The van der Waals surface area contributed by atoms with E-state index in [-0.39, 0.29) is 12.4 Å². The number of hydrogen-bond acceptors (Lipinski definition) is 4. The minimum atomic E-state index is 0. The zero-order chi connectivity index (χ0) is 12.7. The number of benzene rings is 1. The summed E-state index contributed by atoms with van der Waals surface area (Å²) in [6, 6.07) is 4.02. The molecule has 0 saturated carbocycles. The van der Waals surface area contributed by atoms with Gasteiger partial charge in [0, 0.05) is 12.1 Å². The Morgan fingerprint density at radius 1 is 1.21 bits per heavy atom. The second kappa shape index (κ2) is 5.01. The van der Waals surface area contributed by atoms with E-state index in [1.54, 1.807) is 20.4 Å². The number of fused-ring (bicyclic) bond motifs is 3. The number of rotatable bonds is 2. The highest BCUT2D eigenvalue weighted by molar-refractivity contribution is 5.85. The third-order valence-electron chi connectivity index (χ3n) is 3.38. The van der Waals surface area contributed by atoms with E-state index in [1.807, 2.05) is 16.7 Å². The molecule has 0 spiro atoms. The summed E-state index contributed by atoms with van der Waals surface area (Å²) in [5.41, 5.74) is 9.23. The van der Waals surface area contributed by atoms with E-state index in [2.05, 4.69) is 4.98 Å². The van der Waals surface area contributed by atoms with Gasteiger partial charge in [-0.1, -0.05) is 0 Å². The van der Waals surface area contributed by atoms with Crippen molar-refractivity contribution in [2.24, 2.45) is 0 Å². The van der Waals surface area contributed by atoms with Gasteiger partial charge in [-0.3, -0.25) is 0 Å². The monoisotopic (exact) mass is 281 g/mol. The molecule has 0 radical (unpaired) electrons. The first-order chi connectivity index (χ1) is 8.74. The predicted octanol–water partition coefficient (Wildman–Crippen LogP) is 2.13. The van der Waals surface area contributed by atoms with E-state index in [0.717, 1.165) is 35.7 Å². The highest BCUT2D eigenvalue weighted by atomic mass is 35.5. The molecule has 1 aliphatic rings. The summed E-state index contributed by atoms with van der Waals surface area (Å²) in [4.78, 5) is 4.16. The lowest BCUT2D eigenvalue weighted by atomic mass is 9.98. The molecule has 1 aliphatic heterocycles. The lowest BCUT2D eigenvalue weighted by Gasteiger charge is -2.21. The minimum Gasteiger partial charge on any atom is -0.493 e. The number of imidazole rings is 1. The number of hydrogen-bond donors (Lipinski definition) is 1. The minimum absolute atomic E-state index is 0. The Hall–Kier alpha value is -1.88. The van der Waals surface area contributed by atoms with Crippen molar-refractivity contribution >= 4 is 18.4 Å². The highest BCUT2D eigenvalue weighted by Crippen LogP contribution is 2.38. The molecule has 2 N–H and O–H groups in total. The molecule has 1 aromatic heterocycles. The molecule has 102 valence electrons. The van der Waals surface area contributed by atoms with Crippen LogP contribution in [0.4, 0.5) is 5.95 Å². The molecule has 1 aromatic carbocycles. The Labute approximate surface area is 117 Å². The van der Waals surface area contributed by atoms with Crippen molar-refractivity contribution in [2.45, 2.75) is 13.0 Å². The fourth-order valence-corrected chi connectivity index (χ4v) is 2.44. The molecule has 0 fully saturated rings. The molecule has 0 bridgehead atoms. The van der Waals surface area contributed by atoms with Crippen molar-refractivity contribution < 1.29 is 9.47 Å². The Kier molecular flexibility index (Phi) is 3.57. The summed E-state index contributed by atoms with van der Waals surface area (Å²) in [6.07, 6.45) is 2.72. The van der Waals surface area contributed by atoms with Gasteiger partial charge in [0.15, 0.2) is 11.5 Å². The molecule has 6 heteroatoms. The quantitative estimate of drug-likeness (QED) is 0.916. The summed E-state index contributed by atoms with van der Waals surface area (Å²) < 4.78 is 12.7. The van der Waals surface area contributed by atoms with Gasteiger partial charge < -0.3 is 19.8 Å². The summed E-state index contributed by atoms with van der Waals surface area (Å²) in [5, 5.41) is 0. The van der Waals surface area contributed by atoms with Gasteiger partial charge in [-0.05, 0) is 24.1 Å². The highest BCUT2D eigenvalue weighted by Gasteiger charge is 2.21. The Balaban J connectivity index is 0.00000133. The summed E-state index contributed by atoms with van der Waals surface area (Å²) >= 11 is 0. The molecule has 2 heterocycles. The molecule has 0 saturated heterocycles. The van der Waals surface area contributed by atoms with Crippen molar-refractivity contribution in [3.05, 3.63) is 23.9 Å². The predicted molar refractivity (Wildman–Crippen MR) is 76.1 cm³/mol. The third kappa shape index (κ3) is 2.00. The maximum absolute atomic E-state index is 5.84. The molecular weight excluding hydrogens is 266 g/mol. The smallest absolute Gasteiger partial charge is 0.200 e. The molecule has 2 aromatic rings. The number of halogens is 1. The van der Waals surface area contributed by atoms with Gasteiger partial charge in [0.2, 0.25) is 5.95 Å². The standard InChI is InChI=1S/C13H15N3O2.ClH/c1-17-11-5-8-3-4-16-10(7-15-13(16)14)9(8)6-12(11)18-2;/h5-7H,3-4H2,1-2H3,(H2,14,15);1H. The largest absolute Gasteiger partial charge is 0.493 e. The van der Waals surface area contributed by atoms with E-state index in [4.69, 9.17) is 15.2 Å². The van der Waals surface area contributed by atoms with E-state index < -0.39 is 0 Å². The van der Waals surface area contributed by atoms with Crippen LogP contribution < -0.4 is 15.2 Å². The zero-order valence-electron chi connectivity index (χ0n) is 10.8. The van der Waals surface area contributed by atoms with Crippen LogP contribution in [0.3, 0.4) is 0 Å². The van der Waals surface area contributed by atoms with E-state index in [9.17, 15) is 0 Å². The van der Waals surface area contributed by atoms with E-state index in [0.29, 0.717) is 5.95 Å². The third-order valence-corrected chi connectivity index (χ3v) is 3.38. The molecule has 0 aliphatic carbocycles. The van der Waals surface area contributed by atoms with Crippen molar-refractivity contribution in [3.8, 4) is 22.8 Å². The number of ether oxygens (including phenoxy) is 2. The number of methoxy groups -OCH3 is 2. The van der Waals surface area contributed by atoms with Gasteiger partial charge in [0.1, 0.15) is 0 Å². The van der Waals surface area contributed by atoms with Crippen LogP contribution in [0.2, 0.25) is 0 Å². The lowest BCUT2D eigenvalue weighted by Crippen LogP contribution is -2.13. The van der Waals surface area contributed by atoms with Crippen molar-refractivity contribution in [1.29, 1.82) is 0 Å². The zero-order valence-corrected chi connectivity index (χ0v) is 11.7. The maximum Gasteiger partial charge on any atom is 0.200 e. The van der Waals surface area contributed by atoms with Crippen LogP contribution in [0.5, 0.6) is 11.5 Å². The van der Waals surface area contributed by atoms with Crippen LogP contribution in [0.1, 0.15) is 5.56 Å². The first kappa shape index (κ1) is 13.5. The van der Waals surface area contributed by atoms with Crippen molar-refractivity contribution in [1.82, 2.24) is 9.55 Å². The first-order valence-corrected chi connectivity index (χ1v) is 5.81. The van der Waals surface area contributed by atoms with E-state index in [1.165, 1.54) is 5.56 Å². The average Bonchev–Trinajstić information content (AvgIpc) is 2.79. The number of nitrogen functional groups attached to an aromatic ring is 1. The van der Waals surface area contributed by atoms with Crippen LogP contribution in [0.25, 0.3) is 11.3 Å². The van der Waals surface area contributed by atoms with Gasteiger partial charge in [0.25, 0.3) is 0 Å². The fraction of sp³-hybridized carbons (Fsp3) is 0.308. The fourth-order valence-electron chi connectivity index (χ4n) is 2.44. The molecule has 0 unspecified atom stereocenters. The summed E-state index contributed by atoms with van der Waals surface area (Å²) in [6.45, 7) is 0.851. The normalized spacial score (nSPS) is 12.1. The van der Waals surface area contributed by atoms with Gasteiger partial charge in [0.05, 0.1) is 26.1 Å². The summed E-state index contributed by atoms with van der Waals surface area (Å²) in [5.74, 6) is 2.05. The van der Waals surface area contributed by atoms with E-state index >= 15 is 0 Å². The number of aryl methyl sites for hydroxylation is 1. The van der Waals surface area contributed by atoms with Crippen LogP contribution in [-0.4, -0.2) is 23.8 Å². The van der Waals surface area contributed by atoms with Crippen molar-refractivity contribution in [3.63, 3.8) is 0 Å². The van der Waals surface area contributed by atoms with Gasteiger partial charge in [-0.2, -0.15) is 0 Å². The number of aromatic nitrogens is 2. The van der Waals surface area contributed by atoms with Gasteiger partial charge in [-0.25, -0.2) is 4.98 Å². The second-order valence-corrected chi connectivity index (χ2v) is 4.27. The SMILES string of the molecule is COc1cc2c(cc1OC)-c1cnc(N)n1CC2.Cl. The second-order valence-electron chi connectivity index (χ2n) is 4.27. The summed E-state index contributed by atoms with van der Waals surface area (Å²) in [7, 11) is 3.29. The Morgan fingerprint density at radius 3 is 2.58 bits per heavy atom. The topological polar surface area (TPSA) is 62.3 Å². The molecule has 5 nitrogen and oxygen atoms in total. The average molecular weight is 282 g/mol. The Bertz CT molecular complexity index is 610. The first-order valence-electron chi connectivity index (χ1n) is 5.81. The molecule has 0 amide bonds. The maximum atomic E-state index is 5.84. The lowest BCUT2D eigenvalue weighted by molar-refractivity contribution is 0.354. The molecular formula is C13H16ClN3O2. The number of anilines is 1. The van der Waals surface area contributed by atoms with Gasteiger partial charge >= 0.3 is 0 Å². The van der Waals surface area contributed by atoms with Crippen LogP contribution >= 0.6 is 12.4 Å². The van der Waals surface area contributed by atoms with Crippen LogP contribution in [-0.2, 0) is 13.0 Å². The molecule has 3 rings (SSSR count). The number of nitrogens with zero attached hydrogens (tertiary/aromatic N) is 2. The van der Waals surface area contributed by atoms with Crippen LogP contribution in [0.15, 0.2) is 18.3 Å². The molecule has 0 atom stereocenters. The van der Waals surface area contributed by atoms with Crippen molar-refractivity contribution in [2.75, 3.05) is 20.0 Å². The number of nitrogens with two attached hydrogens (primary N) is 1. The van der Waals surface area contributed by atoms with Gasteiger partial charge in [-0.15, -0.1) is 12.4 Å². The van der Waals surface area contributed by atoms with Crippen LogP contribution in [0, 0.1) is 0 Å².